The first-order valence-corrected chi connectivity index (χ1v) is 7.66. The van der Waals surface area contributed by atoms with Crippen molar-refractivity contribution >= 4 is 17.2 Å². The molecular weight excluding hydrogens is 274 g/mol. The number of benzene rings is 2. The lowest BCUT2D eigenvalue weighted by Gasteiger charge is -2.35. The molecule has 1 fully saturated rings. The van der Waals surface area contributed by atoms with E-state index in [9.17, 15) is 4.79 Å². The third kappa shape index (κ3) is 2.10. The van der Waals surface area contributed by atoms with Crippen LogP contribution in [0.15, 0.2) is 66.2 Å². The molecule has 0 spiro atoms. The zero-order chi connectivity index (χ0) is 14.9. The highest BCUT2D eigenvalue weighted by Crippen LogP contribution is 2.39. The van der Waals surface area contributed by atoms with Gasteiger partial charge >= 0.3 is 5.97 Å². The largest absolute Gasteiger partial charge is 0.434 e. The molecule has 110 valence electrons. The van der Waals surface area contributed by atoms with E-state index in [1.165, 1.54) is 0 Å². The lowest BCUT2D eigenvalue weighted by Crippen LogP contribution is -2.41. The molecule has 22 heavy (non-hydrogen) atoms. The molecule has 0 aliphatic carbocycles. The van der Waals surface area contributed by atoms with Crippen LogP contribution in [0.3, 0.4) is 0 Å². The molecule has 0 radical (unpaired) electrons. The molecule has 0 saturated carbocycles. The molecule has 4 rings (SSSR count). The fourth-order valence-electron chi connectivity index (χ4n) is 3.34. The first kappa shape index (κ1) is 13.1. The molecule has 1 saturated heterocycles. The molecule has 3 nitrogen and oxygen atoms in total. The predicted octanol–water partition coefficient (Wildman–Crippen LogP) is 3.62. The Morgan fingerprint density at radius 3 is 2.36 bits per heavy atom. The molecular formula is C19H17NO2. The SMILES string of the molecule is O=C1O[C@@H]2C(=C1c1ccccc1)CCCN2c1ccccc1. The molecule has 2 aromatic carbocycles. The van der Waals surface area contributed by atoms with Gasteiger partial charge in [0, 0.05) is 17.8 Å². The van der Waals surface area contributed by atoms with E-state index in [1.54, 1.807) is 0 Å². The van der Waals surface area contributed by atoms with Crippen molar-refractivity contribution in [2.45, 2.75) is 19.1 Å². The maximum Gasteiger partial charge on any atom is 0.341 e. The first-order valence-electron chi connectivity index (χ1n) is 7.66. The molecule has 2 aromatic rings. The lowest BCUT2D eigenvalue weighted by atomic mass is 9.94. The lowest BCUT2D eigenvalue weighted by molar-refractivity contribution is -0.138. The maximum absolute atomic E-state index is 12.4. The van der Waals surface area contributed by atoms with Gasteiger partial charge in [-0.15, -0.1) is 0 Å². The number of rotatable bonds is 2. The Morgan fingerprint density at radius 2 is 1.64 bits per heavy atom. The quantitative estimate of drug-likeness (QED) is 0.791. The number of hydrogen-bond donors (Lipinski definition) is 0. The van der Waals surface area contributed by atoms with E-state index in [4.69, 9.17) is 4.74 Å². The Bertz CT molecular complexity index is 722. The van der Waals surface area contributed by atoms with Crippen LogP contribution in [0, 0.1) is 0 Å². The molecule has 0 unspecified atom stereocenters. The molecule has 0 bridgehead atoms. The summed E-state index contributed by atoms with van der Waals surface area (Å²) in [5.41, 5.74) is 3.93. The first-order chi connectivity index (χ1) is 10.8. The summed E-state index contributed by atoms with van der Waals surface area (Å²) in [5, 5.41) is 0. The number of esters is 1. The van der Waals surface area contributed by atoms with Gasteiger partial charge in [0.15, 0.2) is 6.23 Å². The molecule has 3 heteroatoms. The maximum atomic E-state index is 12.4. The zero-order valence-corrected chi connectivity index (χ0v) is 12.2. The summed E-state index contributed by atoms with van der Waals surface area (Å²) < 4.78 is 5.71. The van der Waals surface area contributed by atoms with E-state index in [0.29, 0.717) is 0 Å². The van der Waals surface area contributed by atoms with Crippen LogP contribution in [0.4, 0.5) is 5.69 Å². The number of para-hydroxylation sites is 1. The summed E-state index contributed by atoms with van der Waals surface area (Å²) in [5.74, 6) is -0.200. The van der Waals surface area contributed by atoms with E-state index in [1.807, 2.05) is 48.5 Å². The van der Waals surface area contributed by atoms with Gasteiger partial charge in [-0.2, -0.15) is 0 Å². The molecule has 2 aliphatic rings. The van der Waals surface area contributed by atoms with Gasteiger partial charge in [-0.1, -0.05) is 48.5 Å². The van der Waals surface area contributed by atoms with Crippen LogP contribution in [0.5, 0.6) is 0 Å². The fourth-order valence-corrected chi connectivity index (χ4v) is 3.34. The minimum atomic E-state index is -0.251. The molecule has 2 heterocycles. The van der Waals surface area contributed by atoms with Crippen molar-refractivity contribution in [3.05, 3.63) is 71.8 Å². The van der Waals surface area contributed by atoms with Gasteiger partial charge in [0.25, 0.3) is 0 Å². The third-order valence-corrected chi connectivity index (χ3v) is 4.32. The van der Waals surface area contributed by atoms with E-state index < -0.39 is 0 Å². The Hall–Kier alpha value is -2.55. The van der Waals surface area contributed by atoms with Gasteiger partial charge < -0.3 is 9.64 Å². The number of carbonyl (C=O) groups excluding carboxylic acids is 1. The van der Waals surface area contributed by atoms with Crippen molar-refractivity contribution in [3.63, 3.8) is 0 Å². The number of hydrogen-bond acceptors (Lipinski definition) is 3. The van der Waals surface area contributed by atoms with E-state index in [2.05, 4.69) is 17.0 Å². The minimum Gasteiger partial charge on any atom is -0.434 e. The van der Waals surface area contributed by atoms with Gasteiger partial charge in [-0.05, 0) is 30.5 Å². The van der Waals surface area contributed by atoms with Gasteiger partial charge in [-0.25, -0.2) is 4.79 Å². The van der Waals surface area contributed by atoms with Crippen LogP contribution in [-0.2, 0) is 9.53 Å². The highest BCUT2D eigenvalue weighted by molar-refractivity contribution is 6.20. The van der Waals surface area contributed by atoms with Crippen LogP contribution in [0.1, 0.15) is 18.4 Å². The summed E-state index contributed by atoms with van der Waals surface area (Å²) in [4.78, 5) is 14.6. The molecule has 0 aromatic heterocycles. The average molecular weight is 291 g/mol. The van der Waals surface area contributed by atoms with E-state index >= 15 is 0 Å². The van der Waals surface area contributed by atoms with Crippen molar-refractivity contribution in [3.8, 4) is 0 Å². The van der Waals surface area contributed by atoms with Crippen molar-refractivity contribution in [1.29, 1.82) is 0 Å². The number of nitrogens with zero attached hydrogens (tertiary/aromatic N) is 1. The number of ether oxygens (including phenoxy) is 1. The van der Waals surface area contributed by atoms with Gasteiger partial charge in [0.2, 0.25) is 0 Å². The van der Waals surface area contributed by atoms with Crippen molar-refractivity contribution in [1.82, 2.24) is 0 Å². The number of carbonyl (C=O) groups is 1. The second kappa shape index (κ2) is 5.34. The van der Waals surface area contributed by atoms with Crippen molar-refractivity contribution in [2.75, 3.05) is 11.4 Å². The molecule has 1 atom stereocenters. The topological polar surface area (TPSA) is 29.5 Å². The van der Waals surface area contributed by atoms with Gasteiger partial charge in [0.05, 0.1) is 5.57 Å². The Morgan fingerprint density at radius 1 is 0.955 bits per heavy atom. The predicted molar refractivity (Wildman–Crippen MR) is 86.3 cm³/mol. The van der Waals surface area contributed by atoms with Crippen LogP contribution < -0.4 is 4.90 Å². The Kier molecular flexibility index (Phi) is 3.19. The zero-order valence-electron chi connectivity index (χ0n) is 12.2. The third-order valence-electron chi connectivity index (χ3n) is 4.32. The number of piperidine rings is 1. The highest BCUT2D eigenvalue weighted by atomic mass is 16.6. The molecule has 2 aliphatic heterocycles. The molecule has 0 N–H and O–H groups in total. The highest BCUT2D eigenvalue weighted by Gasteiger charge is 2.40. The number of anilines is 1. The van der Waals surface area contributed by atoms with E-state index in [0.717, 1.165) is 41.8 Å². The second-order valence-electron chi connectivity index (χ2n) is 5.66. The van der Waals surface area contributed by atoms with Gasteiger partial charge in [0.1, 0.15) is 0 Å². The summed E-state index contributed by atoms with van der Waals surface area (Å²) in [7, 11) is 0. The summed E-state index contributed by atoms with van der Waals surface area (Å²) in [6.07, 6.45) is 1.70. The smallest absolute Gasteiger partial charge is 0.341 e. The van der Waals surface area contributed by atoms with E-state index in [-0.39, 0.29) is 12.2 Å². The number of fused-ring (bicyclic) bond motifs is 1. The fraction of sp³-hybridized carbons (Fsp3) is 0.211. The second-order valence-corrected chi connectivity index (χ2v) is 5.66. The van der Waals surface area contributed by atoms with Crippen LogP contribution in [0.2, 0.25) is 0 Å². The van der Waals surface area contributed by atoms with Crippen molar-refractivity contribution in [2.24, 2.45) is 0 Å². The Labute approximate surface area is 129 Å². The summed E-state index contributed by atoms with van der Waals surface area (Å²) >= 11 is 0. The minimum absolute atomic E-state index is 0.200. The average Bonchev–Trinajstić information content (AvgIpc) is 2.92. The van der Waals surface area contributed by atoms with Crippen LogP contribution >= 0.6 is 0 Å². The normalized spacial score (nSPS) is 20.8. The van der Waals surface area contributed by atoms with Crippen molar-refractivity contribution < 1.29 is 9.53 Å². The Balaban J connectivity index is 1.76. The molecule has 0 amide bonds. The monoisotopic (exact) mass is 291 g/mol. The van der Waals surface area contributed by atoms with Crippen LogP contribution in [0.25, 0.3) is 5.57 Å². The van der Waals surface area contributed by atoms with Crippen LogP contribution in [-0.4, -0.2) is 18.7 Å². The standard InChI is InChI=1S/C19H17NO2/c21-19-17(14-8-3-1-4-9-14)16-12-7-13-20(18(16)22-19)15-10-5-2-6-11-15/h1-6,8-11,18H,7,12-13H2/t18-/m1/s1. The van der Waals surface area contributed by atoms with Gasteiger partial charge in [-0.3, -0.25) is 0 Å². The summed E-state index contributed by atoms with van der Waals surface area (Å²) in [6.45, 7) is 0.910. The summed E-state index contributed by atoms with van der Waals surface area (Å²) in [6, 6.07) is 20.0.